The van der Waals surface area contributed by atoms with Crippen molar-refractivity contribution in [3.63, 3.8) is 0 Å². The molecule has 2 rings (SSSR count). The molecule has 0 spiro atoms. The third-order valence-corrected chi connectivity index (χ3v) is 1.98. The molecule has 1 aromatic carbocycles. The Bertz CT molecular complexity index is 477. The molecule has 4 heteroatoms. The van der Waals surface area contributed by atoms with E-state index in [9.17, 15) is 4.79 Å². The normalized spacial score (nSPS) is 10.1. The van der Waals surface area contributed by atoms with Crippen molar-refractivity contribution in [2.45, 2.75) is 0 Å². The highest BCUT2D eigenvalue weighted by atomic mass is 16.5. The van der Waals surface area contributed by atoms with E-state index in [2.05, 4.69) is 4.98 Å². The van der Waals surface area contributed by atoms with Crippen LogP contribution in [-0.2, 0) is 0 Å². The summed E-state index contributed by atoms with van der Waals surface area (Å²) >= 11 is 0. The van der Waals surface area contributed by atoms with Crippen molar-refractivity contribution < 1.29 is 10.0 Å². The molecule has 2 aromatic rings. The van der Waals surface area contributed by atoms with E-state index in [0.717, 1.165) is 5.39 Å². The van der Waals surface area contributed by atoms with Crippen LogP contribution < -0.4 is 5.48 Å². The fourth-order valence-electron chi connectivity index (χ4n) is 1.35. The van der Waals surface area contributed by atoms with Gasteiger partial charge in [0.25, 0.3) is 5.91 Å². The first-order valence-corrected chi connectivity index (χ1v) is 4.11. The molecule has 0 unspecified atom stereocenters. The number of aromatic nitrogens is 1. The van der Waals surface area contributed by atoms with Gasteiger partial charge in [-0.25, -0.2) is 5.48 Å². The maximum Gasteiger partial charge on any atom is 0.276 e. The van der Waals surface area contributed by atoms with Crippen LogP contribution in [-0.4, -0.2) is 16.1 Å². The Morgan fingerprint density at radius 3 is 2.86 bits per heavy atom. The number of hydroxylamine groups is 1. The number of amides is 1. The van der Waals surface area contributed by atoms with Crippen LogP contribution >= 0.6 is 0 Å². The SMILES string of the molecule is O=C(NO)c1cccc2cccnc12. The molecule has 2 N–H and O–H groups in total. The Hall–Kier alpha value is -1.94. The molecule has 4 nitrogen and oxygen atoms in total. The minimum absolute atomic E-state index is 0.366. The molecule has 70 valence electrons. The van der Waals surface area contributed by atoms with E-state index >= 15 is 0 Å². The molecular formula is C10H8N2O2. The van der Waals surface area contributed by atoms with Crippen molar-refractivity contribution in [2.75, 3.05) is 0 Å². The van der Waals surface area contributed by atoms with E-state index in [1.165, 1.54) is 0 Å². The molecule has 0 aliphatic rings. The number of benzene rings is 1. The maximum absolute atomic E-state index is 11.2. The quantitative estimate of drug-likeness (QED) is 0.524. The van der Waals surface area contributed by atoms with Crippen LogP contribution in [0.2, 0.25) is 0 Å². The molecule has 1 aromatic heterocycles. The molecule has 0 aliphatic carbocycles. The second kappa shape index (κ2) is 3.43. The topological polar surface area (TPSA) is 62.2 Å². The highest BCUT2D eigenvalue weighted by Gasteiger charge is 2.08. The maximum atomic E-state index is 11.2. The van der Waals surface area contributed by atoms with Gasteiger partial charge in [-0.2, -0.15) is 0 Å². The molecule has 0 fully saturated rings. The first-order chi connectivity index (χ1) is 6.83. The molecule has 0 radical (unpaired) electrons. The summed E-state index contributed by atoms with van der Waals surface area (Å²) in [6.07, 6.45) is 1.61. The predicted octanol–water partition coefficient (Wildman–Crippen LogP) is 1.35. The number of nitrogens with one attached hydrogen (secondary N) is 1. The summed E-state index contributed by atoms with van der Waals surface area (Å²) in [4.78, 5) is 15.3. The van der Waals surface area contributed by atoms with E-state index < -0.39 is 5.91 Å². The number of carbonyl (C=O) groups excluding carboxylic acids is 1. The predicted molar refractivity (Wildman–Crippen MR) is 51.0 cm³/mol. The zero-order valence-corrected chi connectivity index (χ0v) is 7.27. The van der Waals surface area contributed by atoms with E-state index in [0.29, 0.717) is 11.1 Å². The Morgan fingerprint density at radius 2 is 2.07 bits per heavy atom. The van der Waals surface area contributed by atoms with Gasteiger partial charge in [0.05, 0.1) is 11.1 Å². The van der Waals surface area contributed by atoms with E-state index in [1.807, 2.05) is 12.1 Å². The van der Waals surface area contributed by atoms with Crippen molar-refractivity contribution in [3.8, 4) is 0 Å². The fraction of sp³-hybridized carbons (Fsp3) is 0. The lowest BCUT2D eigenvalue weighted by Crippen LogP contribution is -2.19. The minimum Gasteiger partial charge on any atom is -0.288 e. The van der Waals surface area contributed by atoms with Gasteiger partial charge in [0.15, 0.2) is 0 Å². The highest BCUT2D eigenvalue weighted by molar-refractivity contribution is 6.04. The lowest BCUT2D eigenvalue weighted by molar-refractivity contribution is 0.0708. The number of hydrogen-bond acceptors (Lipinski definition) is 3. The average molecular weight is 188 g/mol. The Balaban J connectivity index is 2.71. The summed E-state index contributed by atoms with van der Waals surface area (Å²) < 4.78 is 0. The van der Waals surface area contributed by atoms with Crippen LogP contribution in [0.5, 0.6) is 0 Å². The molecule has 0 saturated carbocycles. The monoisotopic (exact) mass is 188 g/mol. The number of rotatable bonds is 1. The number of para-hydroxylation sites is 1. The second-order valence-electron chi connectivity index (χ2n) is 2.82. The van der Waals surface area contributed by atoms with Crippen LogP contribution in [0.1, 0.15) is 10.4 Å². The van der Waals surface area contributed by atoms with Crippen molar-refractivity contribution in [3.05, 3.63) is 42.1 Å². The van der Waals surface area contributed by atoms with Crippen LogP contribution in [0.25, 0.3) is 10.9 Å². The van der Waals surface area contributed by atoms with Crippen LogP contribution in [0, 0.1) is 0 Å². The van der Waals surface area contributed by atoms with Gasteiger partial charge in [-0.15, -0.1) is 0 Å². The van der Waals surface area contributed by atoms with Gasteiger partial charge >= 0.3 is 0 Å². The summed E-state index contributed by atoms with van der Waals surface area (Å²) in [5, 5.41) is 9.39. The lowest BCUT2D eigenvalue weighted by Gasteiger charge is -2.02. The van der Waals surface area contributed by atoms with E-state index in [4.69, 9.17) is 5.21 Å². The van der Waals surface area contributed by atoms with E-state index in [-0.39, 0.29) is 0 Å². The highest BCUT2D eigenvalue weighted by Crippen LogP contribution is 2.15. The lowest BCUT2D eigenvalue weighted by atomic mass is 10.1. The fourth-order valence-corrected chi connectivity index (χ4v) is 1.35. The Morgan fingerprint density at radius 1 is 1.29 bits per heavy atom. The number of pyridine rings is 1. The second-order valence-corrected chi connectivity index (χ2v) is 2.82. The molecule has 1 amide bonds. The molecule has 0 atom stereocenters. The van der Waals surface area contributed by atoms with Gasteiger partial charge in [0, 0.05) is 11.6 Å². The van der Waals surface area contributed by atoms with Gasteiger partial charge in [-0.3, -0.25) is 15.0 Å². The zero-order chi connectivity index (χ0) is 9.97. The zero-order valence-electron chi connectivity index (χ0n) is 7.27. The molecule has 0 saturated heterocycles. The van der Waals surface area contributed by atoms with Crippen LogP contribution in [0.15, 0.2) is 36.5 Å². The smallest absolute Gasteiger partial charge is 0.276 e. The molecule has 0 aliphatic heterocycles. The Kier molecular flexibility index (Phi) is 2.12. The third-order valence-electron chi connectivity index (χ3n) is 1.98. The third kappa shape index (κ3) is 1.31. The molecular weight excluding hydrogens is 180 g/mol. The standard InChI is InChI=1S/C10H8N2O2/c13-10(12-14)8-5-1-3-7-4-2-6-11-9(7)8/h1-6,14H,(H,12,13). The van der Waals surface area contributed by atoms with E-state index in [1.54, 1.807) is 29.9 Å². The van der Waals surface area contributed by atoms with Gasteiger partial charge in [-0.1, -0.05) is 18.2 Å². The number of carbonyl (C=O) groups is 1. The summed E-state index contributed by atoms with van der Waals surface area (Å²) in [6, 6.07) is 8.87. The molecule has 1 heterocycles. The average Bonchev–Trinajstić information content (AvgIpc) is 2.27. The van der Waals surface area contributed by atoms with Gasteiger partial charge in [-0.05, 0) is 12.1 Å². The van der Waals surface area contributed by atoms with Crippen molar-refractivity contribution in [2.24, 2.45) is 0 Å². The van der Waals surface area contributed by atoms with Crippen LogP contribution in [0.4, 0.5) is 0 Å². The van der Waals surface area contributed by atoms with Crippen LogP contribution in [0.3, 0.4) is 0 Å². The minimum atomic E-state index is -0.547. The molecule has 14 heavy (non-hydrogen) atoms. The largest absolute Gasteiger partial charge is 0.288 e. The van der Waals surface area contributed by atoms with Gasteiger partial charge in [0.1, 0.15) is 0 Å². The van der Waals surface area contributed by atoms with Gasteiger partial charge in [0.2, 0.25) is 0 Å². The number of hydrogen-bond donors (Lipinski definition) is 2. The van der Waals surface area contributed by atoms with Crippen molar-refractivity contribution in [1.29, 1.82) is 0 Å². The van der Waals surface area contributed by atoms with Crippen molar-refractivity contribution in [1.82, 2.24) is 10.5 Å². The summed E-state index contributed by atoms with van der Waals surface area (Å²) in [7, 11) is 0. The van der Waals surface area contributed by atoms with Gasteiger partial charge < -0.3 is 0 Å². The number of fused-ring (bicyclic) bond motifs is 1. The number of nitrogens with zero attached hydrogens (tertiary/aromatic N) is 1. The summed E-state index contributed by atoms with van der Waals surface area (Å²) in [5.41, 5.74) is 2.55. The summed E-state index contributed by atoms with van der Waals surface area (Å²) in [6.45, 7) is 0. The molecule has 0 bridgehead atoms. The Labute approximate surface area is 80.2 Å². The first-order valence-electron chi connectivity index (χ1n) is 4.11. The van der Waals surface area contributed by atoms with Crippen molar-refractivity contribution >= 4 is 16.8 Å². The summed E-state index contributed by atoms with van der Waals surface area (Å²) in [5.74, 6) is -0.547. The first kappa shape index (κ1) is 8.65.